The quantitative estimate of drug-likeness (QED) is 0.183. The average Bonchev–Trinajstić information content (AvgIpc) is 3.58. The number of hydrogen-bond acceptors (Lipinski definition) is 4. The lowest BCUT2D eigenvalue weighted by atomic mass is 9.92. The van der Waals surface area contributed by atoms with Crippen molar-refractivity contribution >= 4 is 28.4 Å². The van der Waals surface area contributed by atoms with Crippen LogP contribution in [0.1, 0.15) is 47.2 Å². The van der Waals surface area contributed by atoms with Crippen LogP contribution >= 0.6 is 0 Å². The van der Waals surface area contributed by atoms with Gasteiger partial charge in [0.05, 0.1) is 34.7 Å². The van der Waals surface area contributed by atoms with Crippen molar-refractivity contribution in [3.8, 4) is 46.1 Å². The Morgan fingerprint density at radius 2 is 1.46 bits per heavy atom. The summed E-state index contributed by atoms with van der Waals surface area (Å²) in [7, 11) is 0. The SMILES string of the molecule is CCC1/C=C\C=C/CN(c2ccccc2-c2ccc(-c3ccc(-n4c5c(c6cccc(C#N)c64)CC(C#N)C=C5)cc3C#N)cc2)c2ccccc21. The van der Waals surface area contributed by atoms with E-state index in [4.69, 9.17) is 0 Å². The second kappa shape index (κ2) is 13.8. The van der Waals surface area contributed by atoms with Gasteiger partial charge in [-0.1, -0.05) is 116 Å². The van der Waals surface area contributed by atoms with Crippen LogP contribution in [0.5, 0.6) is 0 Å². The third-order valence-electron chi connectivity index (χ3n) is 10.4. The number of anilines is 2. The minimum Gasteiger partial charge on any atom is -0.337 e. The van der Waals surface area contributed by atoms with Crippen LogP contribution < -0.4 is 4.90 Å². The first-order valence-electron chi connectivity index (χ1n) is 17.7. The molecule has 0 bridgehead atoms. The third-order valence-corrected chi connectivity index (χ3v) is 10.4. The fraction of sp³-hybridized carbons (Fsp3) is 0.128. The molecule has 0 radical (unpaired) electrons. The summed E-state index contributed by atoms with van der Waals surface area (Å²) in [5, 5.41) is 31.1. The second-order valence-electron chi connectivity index (χ2n) is 13.2. The topological polar surface area (TPSA) is 79.5 Å². The van der Waals surface area contributed by atoms with Crippen molar-refractivity contribution in [3.63, 3.8) is 0 Å². The zero-order chi connectivity index (χ0) is 35.6. The van der Waals surface area contributed by atoms with Crippen molar-refractivity contribution < 1.29 is 0 Å². The molecule has 1 aliphatic carbocycles. The molecule has 1 aromatic heterocycles. The molecule has 1 aliphatic heterocycles. The van der Waals surface area contributed by atoms with E-state index in [1.165, 1.54) is 11.3 Å². The van der Waals surface area contributed by atoms with E-state index in [2.05, 4.69) is 132 Å². The Labute approximate surface area is 304 Å². The van der Waals surface area contributed by atoms with Crippen molar-refractivity contribution in [2.24, 2.45) is 5.92 Å². The largest absolute Gasteiger partial charge is 0.337 e. The molecule has 0 fully saturated rings. The Balaban J connectivity index is 1.18. The summed E-state index contributed by atoms with van der Waals surface area (Å²) in [6, 6.07) is 44.6. The van der Waals surface area contributed by atoms with Crippen LogP contribution in [0.15, 0.2) is 140 Å². The zero-order valence-corrected chi connectivity index (χ0v) is 28.9. The molecule has 0 N–H and O–H groups in total. The monoisotopic (exact) mass is 669 g/mol. The number of rotatable bonds is 5. The van der Waals surface area contributed by atoms with Gasteiger partial charge in [-0.15, -0.1) is 0 Å². The molecular formula is C47H35N5. The number of nitriles is 3. The van der Waals surface area contributed by atoms with Gasteiger partial charge in [0.15, 0.2) is 0 Å². The highest BCUT2D eigenvalue weighted by Gasteiger charge is 2.25. The van der Waals surface area contributed by atoms with Gasteiger partial charge in [0.25, 0.3) is 0 Å². The van der Waals surface area contributed by atoms with Gasteiger partial charge in [-0.2, -0.15) is 15.8 Å². The molecular weight excluding hydrogens is 635 g/mol. The van der Waals surface area contributed by atoms with Gasteiger partial charge < -0.3 is 9.47 Å². The van der Waals surface area contributed by atoms with Crippen LogP contribution in [-0.2, 0) is 6.42 Å². The summed E-state index contributed by atoms with van der Waals surface area (Å²) in [4.78, 5) is 2.41. The summed E-state index contributed by atoms with van der Waals surface area (Å²) in [5.74, 6) is 0.108. The molecule has 52 heavy (non-hydrogen) atoms. The van der Waals surface area contributed by atoms with E-state index < -0.39 is 0 Å². The van der Waals surface area contributed by atoms with Crippen molar-refractivity contribution in [1.29, 1.82) is 15.8 Å². The molecule has 8 rings (SSSR count). The molecule has 5 aromatic carbocycles. The lowest BCUT2D eigenvalue weighted by molar-refractivity contribution is 0.803. The minimum atomic E-state index is -0.221. The number of aromatic nitrogens is 1. The van der Waals surface area contributed by atoms with Crippen LogP contribution in [-0.4, -0.2) is 11.1 Å². The summed E-state index contributed by atoms with van der Waals surface area (Å²) >= 11 is 0. The number of fused-ring (bicyclic) bond motifs is 4. The Hall–Kier alpha value is -6.87. The predicted octanol–water partition coefficient (Wildman–Crippen LogP) is 11.2. The molecule has 0 spiro atoms. The van der Waals surface area contributed by atoms with Crippen LogP contribution in [0.4, 0.5) is 11.4 Å². The van der Waals surface area contributed by atoms with Crippen LogP contribution in [0.3, 0.4) is 0 Å². The number of allylic oxidation sites excluding steroid dienone is 4. The number of nitrogens with zero attached hydrogens (tertiary/aromatic N) is 5. The van der Waals surface area contributed by atoms with E-state index in [0.717, 1.165) is 68.8 Å². The van der Waals surface area contributed by atoms with Gasteiger partial charge >= 0.3 is 0 Å². The number of para-hydroxylation sites is 3. The fourth-order valence-corrected chi connectivity index (χ4v) is 7.83. The highest BCUT2D eigenvalue weighted by Crippen LogP contribution is 2.41. The fourth-order valence-electron chi connectivity index (χ4n) is 7.83. The van der Waals surface area contributed by atoms with Crippen molar-refractivity contribution in [3.05, 3.63) is 168 Å². The Bertz CT molecular complexity index is 2560. The molecule has 5 heteroatoms. The molecule has 0 saturated heterocycles. The molecule has 2 aliphatic rings. The van der Waals surface area contributed by atoms with Gasteiger partial charge in [0, 0.05) is 46.2 Å². The standard InChI is InChI=1S/C47H35N5/c1-2-33-11-4-3-9-26-51(44-16-7-5-13-40(33)44)45-17-8-6-14-41(45)35-21-19-34(20-22-35)39-24-23-38(28-37(39)31-50)52-46-25-18-32(29-48)27-43(46)42-15-10-12-36(30-49)47(42)52/h3-25,28,32-33H,2,26-27H2,1H3/b9-3-,11-4-. The summed E-state index contributed by atoms with van der Waals surface area (Å²) in [6.07, 6.45) is 14.3. The van der Waals surface area contributed by atoms with Gasteiger partial charge in [0.1, 0.15) is 6.07 Å². The molecule has 2 heterocycles. The molecule has 6 aromatic rings. The number of hydrogen-bond donors (Lipinski definition) is 0. The van der Waals surface area contributed by atoms with Gasteiger partial charge in [0.2, 0.25) is 0 Å². The third kappa shape index (κ3) is 5.58. The zero-order valence-electron chi connectivity index (χ0n) is 28.9. The normalized spacial score (nSPS) is 17.4. The van der Waals surface area contributed by atoms with E-state index in [-0.39, 0.29) is 5.92 Å². The van der Waals surface area contributed by atoms with E-state index >= 15 is 0 Å². The maximum absolute atomic E-state index is 10.4. The van der Waals surface area contributed by atoms with Crippen molar-refractivity contribution in [1.82, 2.24) is 4.57 Å². The summed E-state index contributed by atoms with van der Waals surface area (Å²) < 4.78 is 2.07. The van der Waals surface area contributed by atoms with E-state index in [1.807, 2.05) is 48.6 Å². The first kappa shape index (κ1) is 32.3. The Morgan fingerprint density at radius 1 is 0.712 bits per heavy atom. The van der Waals surface area contributed by atoms with E-state index in [9.17, 15) is 15.8 Å². The Kier molecular flexibility index (Phi) is 8.58. The highest BCUT2D eigenvalue weighted by atomic mass is 15.1. The summed E-state index contributed by atoms with van der Waals surface area (Å²) in [6.45, 7) is 2.98. The van der Waals surface area contributed by atoms with E-state index in [0.29, 0.717) is 23.5 Å². The molecule has 2 unspecified atom stereocenters. The van der Waals surface area contributed by atoms with Crippen LogP contribution in [0, 0.1) is 39.9 Å². The van der Waals surface area contributed by atoms with Crippen molar-refractivity contribution in [2.45, 2.75) is 25.7 Å². The van der Waals surface area contributed by atoms with Crippen LogP contribution in [0.25, 0.3) is 44.9 Å². The van der Waals surface area contributed by atoms with E-state index in [1.54, 1.807) is 0 Å². The van der Waals surface area contributed by atoms with Crippen molar-refractivity contribution in [2.75, 3.05) is 11.4 Å². The Morgan fingerprint density at radius 3 is 2.23 bits per heavy atom. The smallest absolute Gasteiger partial charge is 0.101 e. The molecule has 0 amide bonds. The second-order valence-corrected chi connectivity index (χ2v) is 13.2. The van der Waals surface area contributed by atoms with Gasteiger partial charge in [-0.25, -0.2) is 0 Å². The lowest BCUT2D eigenvalue weighted by Crippen LogP contribution is -2.19. The maximum atomic E-state index is 10.4. The van der Waals surface area contributed by atoms with Gasteiger partial charge in [-0.3, -0.25) is 0 Å². The highest BCUT2D eigenvalue weighted by molar-refractivity contribution is 5.95. The van der Waals surface area contributed by atoms with Gasteiger partial charge in [-0.05, 0) is 77.1 Å². The lowest BCUT2D eigenvalue weighted by Gasteiger charge is -2.29. The molecule has 248 valence electrons. The molecule has 2 atom stereocenters. The maximum Gasteiger partial charge on any atom is 0.101 e. The summed E-state index contributed by atoms with van der Waals surface area (Å²) in [5.41, 5.74) is 12.4. The number of benzene rings is 5. The first-order chi connectivity index (χ1) is 25.6. The molecule has 5 nitrogen and oxygen atoms in total. The predicted molar refractivity (Wildman–Crippen MR) is 210 cm³/mol. The van der Waals surface area contributed by atoms with Crippen LogP contribution in [0.2, 0.25) is 0 Å². The average molecular weight is 670 g/mol. The minimum absolute atomic E-state index is 0.221. The first-order valence-corrected chi connectivity index (χ1v) is 17.7. The molecule has 0 saturated carbocycles.